The summed E-state index contributed by atoms with van der Waals surface area (Å²) in [5, 5.41) is 0. The molecule has 0 saturated carbocycles. The Morgan fingerprint density at radius 3 is 2.24 bits per heavy atom. The van der Waals surface area contributed by atoms with E-state index in [1.165, 1.54) is 12.8 Å². The Hall–Kier alpha value is -0.570. The molecule has 1 unspecified atom stereocenters. The van der Waals surface area contributed by atoms with Gasteiger partial charge in [0.1, 0.15) is 0 Å². The highest BCUT2D eigenvalue weighted by molar-refractivity contribution is 5.70. The van der Waals surface area contributed by atoms with Crippen molar-refractivity contribution in [1.29, 1.82) is 0 Å². The predicted molar refractivity (Wildman–Crippen MR) is 69.9 cm³/mol. The first-order valence-electron chi connectivity index (χ1n) is 7.12. The molecule has 1 aliphatic rings. The number of rotatable bonds is 7. The van der Waals surface area contributed by atoms with Crippen LogP contribution in [-0.4, -0.2) is 36.6 Å². The molecule has 1 aliphatic heterocycles. The van der Waals surface area contributed by atoms with Crippen molar-refractivity contribution in [2.45, 2.75) is 58.9 Å². The molecule has 0 aromatic carbocycles. The van der Waals surface area contributed by atoms with Gasteiger partial charge in [-0.2, -0.15) is 0 Å². The second kappa shape index (κ2) is 7.70. The maximum atomic E-state index is 11.7. The van der Waals surface area contributed by atoms with Crippen molar-refractivity contribution in [3.63, 3.8) is 0 Å². The predicted octanol–water partition coefficient (Wildman–Crippen LogP) is 2.84. The first-order valence-corrected chi connectivity index (χ1v) is 7.12. The number of likely N-dealkylation sites (tertiary alicyclic amines) is 1. The molecule has 1 atom stereocenters. The maximum Gasteiger partial charge on any atom is 0.307 e. The molecule has 0 N–H and O–H groups in total. The van der Waals surface area contributed by atoms with E-state index in [-0.39, 0.29) is 5.97 Å². The number of hydrogen-bond acceptors (Lipinski definition) is 3. The summed E-state index contributed by atoms with van der Waals surface area (Å²) >= 11 is 0. The molecule has 100 valence electrons. The van der Waals surface area contributed by atoms with E-state index in [0.29, 0.717) is 25.0 Å². The molecule has 0 aromatic heterocycles. The molecule has 0 radical (unpaired) electrons. The fraction of sp³-hybridized carbons (Fsp3) is 0.929. The van der Waals surface area contributed by atoms with Gasteiger partial charge in [-0.3, -0.25) is 9.69 Å². The van der Waals surface area contributed by atoms with Gasteiger partial charge in [0.05, 0.1) is 13.0 Å². The first kappa shape index (κ1) is 14.5. The zero-order valence-corrected chi connectivity index (χ0v) is 11.6. The van der Waals surface area contributed by atoms with Crippen molar-refractivity contribution in [3.8, 4) is 0 Å². The molecule has 1 saturated heterocycles. The van der Waals surface area contributed by atoms with Crippen LogP contribution in [0.4, 0.5) is 0 Å². The molecule has 3 nitrogen and oxygen atoms in total. The highest BCUT2D eigenvalue weighted by Gasteiger charge is 2.29. The Balaban J connectivity index is 2.60. The van der Waals surface area contributed by atoms with Crippen molar-refractivity contribution in [2.24, 2.45) is 5.92 Å². The van der Waals surface area contributed by atoms with Gasteiger partial charge in [0.15, 0.2) is 0 Å². The maximum absolute atomic E-state index is 11.7. The van der Waals surface area contributed by atoms with Crippen LogP contribution in [0, 0.1) is 5.92 Å². The number of nitrogens with zero attached hydrogens (tertiary/aromatic N) is 1. The fourth-order valence-corrected chi connectivity index (χ4v) is 2.89. The molecule has 0 aliphatic carbocycles. The number of carbonyl (C=O) groups is 1. The van der Waals surface area contributed by atoms with E-state index in [0.717, 1.165) is 25.9 Å². The lowest BCUT2D eigenvalue weighted by atomic mass is 9.90. The molecule has 1 rings (SSSR count). The van der Waals surface area contributed by atoms with Crippen LogP contribution in [0.15, 0.2) is 0 Å². The normalized spacial score (nSPS) is 18.6. The summed E-state index contributed by atoms with van der Waals surface area (Å²) in [6.07, 6.45) is 5.42. The van der Waals surface area contributed by atoms with Crippen LogP contribution in [-0.2, 0) is 9.53 Å². The van der Waals surface area contributed by atoms with Gasteiger partial charge in [0.25, 0.3) is 0 Å². The molecule has 3 heteroatoms. The van der Waals surface area contributed by atoms with Crippen LogP contribution in [0.1, 0.15) is 52.9 Å². The minimum atomic E-state index is -0.0312. The van der Waals surface area contributed by atoms with Crippen molar-refractivity contribution in [1.82, 2.24) is 4.90 Å². The molecule has 1 fully saturated rings. The monoisotopic (exact) mass is 241 g/mol. The summed E-state index contributed by atoms with van der Waals surface area (Å²) in [6.45, 7) is 9.13. The van der Waals surface area contributed by atoms with Crippen LogP contribution >= 0.6 is 0 Å². The largest absolute Gasteiger partial charge is 0.466 e. The van der Waals surface area contributed by atoms with Crippen molar-refractivity contribution >= 4 is 5.97 Å². The molecular formula is C14H27NO2. The minimum Gasteiger partial charge on any atom is -0.466 e. The van der Waals surface area contributed by atoms with Crippen molar-refractivity contribution in [2.75, 3.05) is 19.7 Å². The Bertz CT molecular complexity index is 218. The van der Waals surface area contributed by atoms with Crippen LogP contribution < -0.4 is 0 Å². The Morgan fingerprint density at radius 1 is 1.18 bits per heavy atom. The summed E-state index contributed by atoms with van der Waals surface area (Å²) < 4.78 is 5.11. The summed E-state index contributed by atoms with van der Waals surface area (Å²) in [4.78, 5) is 14.2. The smallest absolute Gasteiger partial charge is 0.307 e. The molecule has 0 aromatic rings. The molecule has 0 bridgehead atoms. The number of esters is 1. The molecule has 0 amide bonds. The van der Waals surface area contributed by atoms with Crippen LogP contribution in [0.3, 0.4) is 0 Å². The lowest BCUT2D eigenvalue weighted by molar-refractivity contribution is -0.145. The van der Waals surface area contributed by atoms with E-state index in [2.05, 4.69) is 18.7 Å². The van der Waals surface area contributed by atoms with Gasteiger partial charge < -0.3 is 4.74 Å². The lowest BCUT2D eigenvalue weighted by Crippen LogP contribution is -2.40. The van der Waals surface area contributed by atoms with Gasteiger partial charge in [-0.25, -0.2) is 0 Å². The van der Waals surface area contributed by atoms with Gasteiger partial charge in [-0.05, 0) is 38.8 Å². The highest BCUT2D eigenvalue weighted by Crippen LogP contribution is 2.25. The van der Waals surface area contributed by atoms with E-state index in [9.17, 15) is 4.79 Å². The zero-order valence-electron chi connectivity index (χ0n) is 11.6. The topological polar surface area (TPSA) is 29.5 Å². The van der Waals surface area contributed by atoms with Crippen molar-refractivity contribution in [3.05, 3.63) is 0 Å². The Kier molecular flexibility index (Phi) is 6.56. The van der Waals surface area contributed by atoms with E-state index >= 15 is 0 Å². The van der Waals surface area contributed by atoms with E-state index < -0.39 is 0 Å². The molecule has 17 heavy (non-hydrogen) atoms. The summed E-state index contributed by atoms with van der Waals surface area (Å²) in [5.41, 5.74) is 0. The number of carbonyl (C=O) groups excluding carboxylic acids is 1. The molecule has 1 heterocycles. The standard InChI is InChI=1S/C14H27NO2/c1-4-12(5-2)13(11-14(16)17-6-3)15-9-7-8-10-15/h12-13H,4-11H2,1-3H3. The zero-order chi connectivity index (χ0) is 12.7. The van der Waals surface area contributed by atoms with Crippen LogP contribution in [0.5, 0.6) is 0 Å². The third-order valence-electron chi connectivity index (χ3n) is 3.88. The fourth-order valence-electron chi connectivity index (χ4n) is 2.89. The van der Waals surface area contributed by atoms with Crippen LogP contribution in [0.2, 0.25) is 0 Å². The van der Waals surface area contributed by atoms with Crippen LogP contribution in [0.25, 0.3) is 0 Å². The first-order chi connectivity index (χ1) is 8.22. The summed E-state index contributed by atoms with van der Waals surface area (Å²) in [5.74, 6) is 0.591. The number of ether oxygens (including phenoxy) is 1. The van der Waals surface area contributed by atoms with Crippen molar-refractivity contribution < 1.29 is 9.53 Å². The second-order valence-corrected chi connectivity index (χ2v) is 4.90. The van der Waals surface area contributed by atoms with Gasteiger partial charge >= 0.3 is 5.97 Å². The summed E-state index contributed by atoms with van der Waals surface area (Å²) in [7, 11) is 0. The van der Waals surface area contributed by atoms with E-state index in [1.54, 1.807) is 0 Å². The second-order valence-electron chi connectivity index (χ2n) is 4.90. The Morgan fingerprint density at radius 2 is 1.76 bits per heavy atom. The molecule has 0 spiro atoms. The Labute approximate surface area is 106 Å². The van der Waals surface area contributed by atoms with Gasteiger partial charge in [-0.15, -0.1) is 0 Å². The average molecular weight is 241 g/mol. The highest BCUT2D eigenvalue weighted by atomic mass is 16.5. The van der Waals surface area contributed by atoms with Gasteiger partial charge in [0.2, 0.25) is 0 Å². The summed E-state index contributed by atoms with van der Waals surface area (Å²) in [6, 6.07) is 0.395. The third-order valence-corrected chi connectivity index (χ3v) is 3.88. The lowest BCUT2D eigenvalue weighted by Gasteiger charge is -2.33. The quantitative estimate of drug-likeness (QED) is 0.642. The third kappa shape index (κ3) is 4.30. The van der Waals surface area contributed by atoms with E-state index in [1.807, 2.05) is 6.92 Å². The van der Waals surface area contributed by atoms with E-state index in [4.69, 9.17) is 4.74 Å². The SMILES string of the molecule is CCOC(=O)CC(C(CC)CC)N1CCCC1. The van der Waals surface area contributed by atoms with Gasteiger partial charge in [-0.1, -0.05) is 26.7 Å². The number of hydrogen-bond donors (Lipinski definition) is 0. The molecular weight excluding hydrogens is 214 g/mol. The minimum absolute atomic E-state index is 0.0312. The average Bonchev–Trinajstić information content (AvgIpc) is 2.83. The van der Waals surface area contributed by atoms with Gasteiger partial charge in [0, 0.05) is 6.04 Å².